The van der Waals surface area contributed by atoms with Crippen molar-refractivity contribution in [2.75, 3.05) is 20.2 Å². The minimum atomic E-state index is -0.661. The zero-order valence-electron chi connectivity index (χ0n) is 10.6. The Balaban J connectivity index is 2.45. The van der Waals surface area contributed by atoms with E-state index in [4.69, 9.17) is 5.11 Å². The first-order valence-corrected chi connectivity index (χ1v) is 5.74. The summed E-state index contributed by atoms with van der Waals surface area (Å²) in [5.41, 5.74) is 2.08. The number of likely N-dealkylation sites (N-methyl/N-ethyl adjacent to an activating group) is 1. The second-order valence-electron chi connectivity index (χ2n) is 4.12. The number of aliphatic hydroxyl groups excluding tert-OH is 1. The van der Waals surface area contributed by atoms with Crippen LogP contribution in [0.25, 0.3) is 0 Å². The first kappa shape index (κ1) is 14.2. The molecular formula is C13H18N2O3. The van der Waals surface area contributed by atoms with Gasteiger partial charge in [-0.1, -0.05) is 29.8 Å². The van der Waals surface area contributed by atoms with Gasteiger partial charge in [-0.25, -0.2) is 0 Å². The van der Waals surface area contributed by atoms with Gasteiger partial charge in [0.2, 0.25) is 0 Å². The fraction of sp³-hybridized carbons (Fsp3) is 0.385. The molecule has 5 heteroatoms. The molecular weight excluding hydrogens is 232 g/mol. The maximum Gasteiger partial charge on any atom is 0.311 e. The number of aliphatic hydroxyl groups is 1. The molecule has 0 unspecified atom stereocenters. The molecule has 5 nitrogen and oxygen atoms in total. The molecule has 1 rings (SSSR count). The number of rotatable bonds is 4. The number of benzene rings is 1. The monoisotopic (exact) mass is 250 g/mol. The molecule has 0 fully saturated rings. The van der Waals surface area contributed by atoms with Crippen LogP contribution in [0.15, 0.2) is 24.3 Å². The first-order valence-electron chi connectivity index (χ1n) is 5.74. The molecule has 2 amide bonds. The number of hydrogen-bond acceptors (Lipinski definition) is 3. The lowest BCUT2D eigenvalue weighted by molar-refractivity contribution is -0.145. The topological polar surface area (TPSA) is 69.6 Å². The standard InChI is InChI=1S/C13H18N2O3/c1-10-3-5-11(6-4-10)9-14-12(17)13(18)15(2)7-8-16/h3-6,16H,7-9H2,1-2H3,(H,14,17). The molecule has 0 aliphatic heterocycles. The highest BCUT2D eigenvalue weighted by Gasteiger charge is 2.17. The summed E-state index contributed by atoms with van der Waals surface area (Å²) in [7, 11) is 1.48. The van der Waals surface area contributed by atoms with Gasteiger partial charge in [0.15, 0.2) is 0 Å². The number of nitrogens with zero attached hydrogens (tertiary/aromatic N) is 1. The number of aryl methyl sites for hydroxylation is 1. The van der Waals surface area contributed by atoms with Crippen molar-refractivity contribution in [2.24, 2.45) is 0 Å². The van der Waals surface area contributed by atoms with Gasteiger partial charge >= 0.3 is 11.8 Å². The summed E-state index contributed by atoms with van der Waals surface area (Å²) in [6.07, 6.45) is 0. The fourth-order valence-corrected chi connectivity index (χ4v) is 1.39. The molecule has 98 valence electrons. The highest BCUT2D eigenvalue weighted by atomic mass is 16.3. The average Bonchev–Trinajstić information content (AvgIpc) is 2.37. The summed E-state index contributed by atoms with van der Waals surface area (Å²) in [5.74, 6) is -1.30. The molecule has 0 aliphatic carbocycles. The second-order valence-corrected chi connectivity index (χ2v) is 4.12. The van der Waals surface area contributed by atoms with Gasteiger partial charge in [-0.3, -0.25) is 9.59 Å². The van der Waals surface area contributed by atoms with E-state index in [0.717, 1.165) is 11.1 Å². The molecule has 0 saturated carbocycles. The lowest BCUT2D eigenvalue weighted by Gasteiger charge is -2.14. The molecule has 2 N–H and O–H groups in total. The van der Waals surface area contributed by atoms with Crippen LogP contribution in [-0.2, 0) is 16.1 Å². The van der Waals surface area contributed by atoms with E-state index in [1.54, 1.807) is 0 Å². The third-order valence-corrected chi connectivity index (χ3v) is 2.55. The van der Waals surface area contributed by atoms with Crippen LogP contribution in [0.5, 0.6) is 0 Å². The number of nitrogens with one attached hydrogen (secondary N) is 1. The van der Waals surface area contributed by atoms with Crippen molar-refractivity contribution in [2.45, 2.75) is 13.5 Å². The predicted molar refractivity (Wildman–Crippen MR) is 67.7 cm³/mol. The minimum absolute atomic E-state index is 0.150. The molecule has 0 aliphatic rings. The number of hydrogen-bond donors (Lipinski definition) is 2. The Bertz CT molecular complexity index is 415. The van der Waals surface area contributed by atoms with Gasteiger partial charge in [0.1, 0.15) is 0 Å². The van der Waals surface area contributed by atoms with Crippen molar-refractivity contribution < 1.29 is 14.7 Å². The third-order valence-electron chi connectivity index (χ3n) is 2.55. The summed E-state index contributed by atoms with van der Waals surface area (Å²) >= 11 is 0. The van der Waals surface area contributed by atoms with Crippen LogP contribution in [0, 0.1) is 6.92 Å². The van der Waals surface area contributed by atoms with E-state index >= 15 is 0 Å². The Morgan fingerprint density at radius 3 is 2.44 bits per heavy atom. The van der Waals surface area contributed by atoms with E-state index in [-0.39, 0.29) is 13.2 Å². The molecule has 0 saturated heterocycles. The van der Waals surface area contributed by atoms with Crippen LogP contribution in [0.1, 0.15) is 11.1 Å². The first-order chi connectivity index (χ1) is 8.54. The summed E-state index contributed by atoms with van der Waals surface area (Å²) in [6, 6.07) is 7.69. The second kappa shape index (κ2) is 6.76. The maximum atomic E-state index is 11.5. The highest BCUT2D eigenvalue weighted by Crippen LogP contribution is 2.02. The quantitative estimate of drug-likeness (QED) is 0.743. The Kier molecular flexibility index (Phi) is 5.32. The van der Waals surface area contributed by atoms with E-state index in [1.165, 1.54) is 11.9 Å². The van der Waals surface area contributed by atoms with E-state index in [1.807, 2.05) is 31.2 Å². The van der Waals surface area contributed by atoms with Crippen LogP contribution in [0.4, 0.5) is 0 Å². The molecule has 0 heterocycles. The fourth-order valence-electron chi connectivity index (χ4n) is 1.39. The lowest BCUT2D eigenvalue weighted by atomic mass is 10.1. The molecule has 0 radical (unpaired) electrons. The Morgan fingerprint density at radius 1 is 1.28 bits per heavy atom. The zero-order valence-corrected chi connectivity index (χ0v) is 10.6. The van der Waals surface area contributed by atoms with Crippen molar-refractivity contribution in [3.63, 3.8) is 0 Å². The van der Waals surface area contributed by atoms with Crippen molar-refractivity contribution in [1.29, 1.82) is 0 Å². The molecule has 0 spiro atoms. The van der Waals surface area contributed by atoms with Crippen LogP contribution in [0.3, 0.4) is 0 Å². The number of amides is 2. The summed E-state index contributed by atoms with van der Waals surface area (Å²) < 4.78 is 0. The lowest BCUT2D eigenvalue weighted by Crippen LogP contribution is -2.41. The van der Waals surface area contributed by atoms with Gasteiger partial charge < -0.3 is 15.3 Å². The van der Waals surface area contributed by atoms with Crippen LogP contribution < -0.4 is 5.32 Å². The average molecular weight is 250 g/mol. The van der Waals surface area contributed by atoms with Crippen molar-refractivity contribution in [3.8, 4) is 0 Å². The molecule has 1 aromatic rings. The largest absolute Gasteiger partial charge is 0.395 e. The van der Waals surface area contributed by atoms with E-state index in [2.05, 4.69) is 5.32 Å². The normalized spacial score (nSPS) is 9.94. The Labute approximate surface area is 106 Å². The highest BCUT2D eigenvalue weighted by molar-refractivity contribution is 6.34. The minimum Gasteiger partial charge on any atom is -0.395 e. The van der Waals surface area contributed by atoms with Crippen molar-refractivity contribution in [3.05, 3.63) is 35.4 Å². The SMILES string of the molecule is Cc1ccc(CNC(=O)C(=O)N(C)CCO)cc1. The van der Waals surface area contributed by atoms with E-state index < -0.39 is 11.8 Å². The number of carbonyl (C=O) groups excluding carboxylic acids is 2. The van der Waals surface area contributed by atoms with E-state index in [9.17, 15) is 9.59 Å². The van der Waals surface area contributed by atoms with Gasteiger partial charge in [-0.15, -0.1) is 0 Å². The van der Waals surface area contributed by atoms with Gasteiger partial charge in [-0.05, 0) is 12.5 Å². The molecule has 1 aromatic carbocycles. The summed E-state index contributed by atoms with van der Waals surface area (Å²) in [6.45, 7) is 2.29. The molecule has 0 aromatic heterocycles. The smallest absolute Gasteiger partial charge is 0.311 e. The van der Waals surface area contributed by atoms with Gasteiger partial charge in [0, 0.05) is 20.1 Å². The van der Waals surface area contributed by atoms with Crippen molar-refractivity contribution >= 4 is 11.8 Å². The van der Waals surface area contributed by atoms with Crippen LogP contribution >= 0.6 is 0 Å². The van der Waals surface area contributed by atoms with Crippen LogP contribution in [-0.4, -0.2) is 42.0 Å². The Morgan fingerprint density at radius 2 is 1.89 bits per heavy atom. The van der Waals surface area contributed by atoms with E-state index in [0.29, 0.717) is 6.54 Å². The van der Waals surface area contributed by atoms with Crippen LogP contribution in [0.2, 0.25) is 0 Å². The summed E-state index contributed by atoms with van der Waals surface area (Å²) in [4.78, 5) is 24.2. The third kappa shape index (κ3) is 4.18. The number of carbonyl (C=O) groups is 2. The molecule has 0 atom stereocenters. The maximum absolute atomic E-state index is 11.5. The molecule has 0 bridgehead atoms. The van der Waals surface area contributed by atoms with Gasteiger partial charge in [-0.2, -0.15) is 0 Å². The van der Waals surface area contributed by atoms with Gasteiger partial charge in [0.05, 0.1) is 6.61 Å². The Hall–Kier alpha value is -1.88. The predicted octanol–water partition coefficient (Wildman–Crippen LogP) is 0.0619. The zero-order chi connectivity index (χ0) is 13.5. The van der Waals surface area contributed by atoms with Crippen molar-refractivity contribution in [1.82, 2.24) is 10.2 Å². The molecule has 18 heavy (non-hydrogen) atoms. The van der Waals surface area contributed by atoms with Gasteiger partial charge in [0.25, 0.3) is 0 Å². The summed E-state index contributed by atoms with van der Waals surface area (Å²) in [5, 5.41) is 11.2.